The van der Waals surface area contributed by atoms with Crippen molar-refractivity contribution in [1.29, 1.82) is 0 Å². The van der Waals surface area contributed by atoms with E-state index in [0.29, 0.717) is 11.6 Å². The van der Waals surface area contributed by atoms with Crippen molar-refractivity contribution in [3.63, 3.8) is 0 Å². The van der Waals surface area contributed by atoms with Crippen LogP contribution in [0.15, 0.2) is 42.5 Å². The van der Waals surface area contributed by atoms with Gasteiger partial charge in [0.15, 0.2) is 0 Å². The molecule has 1 heterocycles. The third-order valence-electron chi connectivity index (χ3n) is 3.27. The Labute approximate surface area is 116 Å². The number of halogens is 1. The maximum atomic E-state index is 6.24. The number of nitrogens with zero attached hydrogens (tertiary/aromatic N) is 2. The largest absolute Gasteiger partial charge is 0.326 e. The molecule has 0 spiro atoms. The Bertz CT molecular complexity index is 746. The van der Waals surface area contributed by atoms with Gasteiger partial charge in [0.25, 0.3) is 0 Å². The predicted molar refractivity (Wildman–Crippen MR) is 79.1 cm³/mol. The Kier molecular flexibility index (Phi) is 3.01. The van der Waals surface area contributed by atoms with Crippen LogP contribution in [0.25, 0.3) is 22.4 Å². The molecule has 19 heavy (non-hydrogen) atoms. The van der Waals surface area contributed by atoms with E-state index in [2.05, 4.69) is 11.1 Å². The van der Waals surface area contributed by atoms with Crippen molar-refractivity contribution < 1.29 is 0 Å². The molecule has 3 nitrogen and oxygen atoms in total. The second-order valence-electron chi connectivity index (χ2n) is 4.51. The lowest BCUT2D eigenvalue weighted by molar-refractivity contribution is 0.957. The second-order valence-corrected chi connectivity index (χ2v) is 4.91. The highest BCUT2D eigenvalue weighted by Crippen LogP contribution is 2.28. The van der Waals surface area contributed by atoms with Crippen LogP contribution in [-0.2, 0) is 13.6 Å². The molecule has 0 atom stereocenters. The van der Waals surface area contributed by atoms with Crippen molar-refractivity contribution in [1.82, 2.24) is 9.55 Å². The molecule has 0 unspecified atom stereocenters. The van der Waals surface area contributed by atoms with E-state index in [9.17, 15) is 0 Å². The van der Waals surface area contributed by atoms with Gasteiger partial charge >= 0.3 is 0 Å². The highest BCUT2D eigenvalue weighted by Gasteiger charge is 2.12. The van der Waals surface area contributed by atoms with Crippen molar-refractivity contribution >= 4 is 22.6 Å². The SMILES string of the molecule is Cn1c(-c2cccc(CN)c2)nc2cccc(Cl)c21. The molecule has 0 saturated heterocycles. The van der Waals surface area contributed by atoms with E-state index >= 15 is 0 Å². The summed E-state index contributed by atoms with van der Waals surface area (Å²) in [6, 6.07) is 13.9. The first kappa shape index (κ1) is 12.2. The molecule has 0 bridgehead atoms. The Morgan fingerprint density at radius 2 is 2.00 bits per heavy atom. The van der Waals surface area contributed by atoms with Crippen LogP contribution in [-0.4, -0.2) is 9.55 Å². The molecule has 4 heteroatoms. The Morgan fingerprint density at radius 3 is 2.74 bits per heavy atom. The maximum Gasteiger partial charge on any atom is 0.140 e. The quantitative estimate of drug-likeness (QED) is 0.777. The molecular formula is C15H14ClN3. The zero-order valence-electron chi connectivity index (χ0n) is 10.6. The Morgan fingerprint density at radius 1 is 1.21 bits per heavy atom. The normalized spacial score (nSPS) is 11.1. The standard InChI is InChI=1S/C15H14ClN3/c1-19-14-12(16)6-3-7-13(14)18-15(19)11-5-2-4-10(8-11)9-17/h2-8H,9,17H2,1H3. The molecular weight excluding hydrogens is 258 g/mol. The molecule has 0 aliphatic heterocycles. The van der Waals surface area contributed by atoms with E-state index in [0.717, 1.165) is 28.0 Å². The van der Waals surface area contributed by atoms with Gasteiger partial charge in [0.2, 0.25) is 0 Å². The van der Waals surface area contributed by atoms with Crippen LogP contribution in [0.4, 0.5) is 0 Å². The van der Waals surface area contributed by atoms with Gasteiger partial charge in [-0.1, -0.05) is 35.9 Å². The number of rotatable bonds is 2. The number of imidazole rings is 1. The van der Waals surface area contributed by atoms with Gasteiger partial charge in [0.05, 0.1) is 16.1 Å². The van der Waals surface area contributed by atoms with Crippen LogP contribution in [0, 0.1) is 0 Å². The molecule has 0 fully saturated rings. The average Bonchev–Trinajstić information content (AvgIpc) is 2.77. The third-order valence-corrected chi connectivity index (χ3v) is 3.57. The van der Waals surface area contributed by atoms with Crippen molar-refractivity contribution in [3.05, 3.63) is 53.1 Å². The van der Waals surface area contributed by atoms with Crippen molar-refractivity contribution in [2.45, 2.75) is 6.54 Å². The van der Waals surface area contributed by atoms with Crippen molar-refractivity contribution in [3.8, 4) is 11.4 Å². The van der Waals surface area contributed by atoms with E-state index in [4.69, 9.17) is 17.3 Å². The van der Waals surface area contributed by atoms with Crippen LogP contribution in [0.1, 0.15) is 5.56 Å². The summed E-state index contributed by atoms with van der Waals surface area (Å²) >= 11 is 6.24. The molecule has 0 aliphatic rings. The van der Waals surface area contributed by atoms with Crippen molar-refractivity contribution in [2.24, 2.45) is 12.8 Å². The molecule has 1 aromatic heterocycles. The lowest BCUT2D eigenvalue weighted by Crippen LogP contribution is -1.98. The smallest absolute Gasteiger partial charge is 0.140 e. The summed E-state index contributed by atoms with van der Waals surface area (Å²) in [5.74, 6) is 0.901. The van der Waals surface area contributed by atoms with Gasteiger partial charge in [-0.25, -0.2) is 4.98 Å². The molecule has 2 aromatic carbocycles. The number of para-hydroxylation sites is 1. The van der Waals surface area contributed by atoms with Gasteiger partial charge in [-0.15, -0.1) is 0 Å². The summed E-state index contributed by atoms with van der Waals surface area (Å²) < 4.78 is 2.02. The van der Waals surface area contributed by atoms with Gasteiger partial charge in [0.1, 0.15) is 5.82 Å². The molecule has 0 saturated carbocycles. The average molecular weight is 272 g/mol. The summed E-state index contributed by atoms with van der Waals surface area (Å²) in [6.45, 7) is 0.526. The van der Waals surface area contributed by atoms with Crippen molar-refractivity contribution in [2.75, 3.05) is 0 Å². The van der Waals surface area contributed by atoms with Crippen LogP contribution in [0.2, 0.25) is 5.02 Å². The maximum absolute atomic E-state index is 6.24. The van der Waals surface area contributed by atoms with Gasteiger partial charge in [-0.2, -0.15) is 0 Å². The number of benzene rings is 2. The molecule has 96 valence electrons. The molecule has 2 N–H and O–H groups in total. The van der Waals surface area contributed by atoms with E-state index in [-0.39, 0.29) is 0 Å². The fraction of sp³-hybridized carbons (Fsp3) is 0.133. The number of fused-ring (bicyclic) bond motifs is 1. The highest BCUT2D eigenvalue weighted by atomic mass is 35.5. The van der Waals surface area contributed by atoms with E-state index in [1.165, 1.54) is 0 Å². The predicted octanol–water partition coefficient (Wildman–Crippen LogP) is 3.35. The van der Waals surface area contributed by atoms with Crippen LogP contribution in [0.5, 0.6) is 0 Å². The van der Waals surface area contributed by atoms with Gasteiger partial charge < -0.3 is 10.3 Å². The zero-order chi connectivity index (χ0) is 13.4. The molecule has 0 amide bonds. The number of aromatic nitrogens is 2. The van der Waals surface area contributed by atoms with Gasteiger partial charge in [0, 0.05) is 19.2 Å². The molecule has 3 rings (SSSR count). The van der Waals surface area contributed by atoms with E-state index in [1.807, 2.05) is 48.0 Å². The third kappa shape index (κ3) is 2.01. The Balaban J connectivity index is 2.25. The van der Waals surface area contributed by atoms with Crippen LogP contribution < -0.4 is 5.73 Å². The first-order chi connectivity index (χ1) is 9.20. The lowest BCUT2D eigenvalue weighted by atomic mass is 10.1. The van der Waals surface area contributed by atoms with Gasteiger partial charge in [-0.05, 0) is 23.8 Å². The fourth-order valence-corrected chi connectivity index (χ4v) is 2.61. The zero-order valence-corrected chi connectivity index (χ0v) is 11.4. The number of nitrogens with two attached hydrogens (primary N) is 1. The minimum absolute atomic E-state index is 0.526. The van der Waals surface area contributed by atoms with Gasteiger partial charge in [-0.3, -0.25) is 0 Å². The fourth-order valence-electron chi connectivity index (χ4n) is 2.32. The summed E-state index contributed by atoms with van der Waals surface area (Å²) in [6.07, 6.45) is 0. The molecule has 0 radical (unpaired) electrons. The molecule has 0 aliphatic carbocycles. The van der Waals surface area contributed by atoms with E-state index < -0.39 is 0 Å². The number of aryl methyl sites for hydroxylation is 1. The molecule has 3 aromatic rings. The highest BCUT2D eigenvalue weighted by molar-refractivity contribution is 6.35. The Hall–Kier alpha value is -1.84. The second kappa shape index (κ2) is 4.68. The minimum Gasteiger partial charge on any atom is -0.326 e. The number of hydrogen-bond acceptors (Lipinski definition) is 2. The topological polar surface area (TPSA) is 43.8 Å². The summed E-state index contributed by atoms with van der Waals surface area (Å²) in [5.41, 5.74) is 9.69. The van der Waals surface area contributed by atoms with Crippen LogP contribution in [0.3, 0.4) is 0 Å². The summed E-state index contributed by atoms with van der Waals surface area (Å²) in [7, 11) is 1.98. The van der Waals surface area contributed by atoms with Crippen LogP contribution >= 0.6 is 11.6 Å². The summed E-state index contributed by atoms with van der Waals surface area (Å²) in [5, 5.41) is 0.716. The lowest BCUT2D eigenvalue weighted by Gasteiger charge is -2.05. The minimum atomic E-state index is 0.526. The monoisotopic (exact) mass is 271 g/mol. The number of hydrogen-bond donors (Lipinski definition) is 1. The summed E-state index contributed by atoms with van der Waals surface area (Å²) in [4.78, 5) is 4.66. The van der Waals surface area contributed by atoms with E-state index in [1.54, 1.807) is 0 Å². The first-order valence-corrected chi connectivity index (χ1v) is 6.49. The first-order valence-electron chi connectivity index (χ1n) is 6.11.